The topological polar surface area (TPSA) is 59.3 Å². The number of nitrogens with zero attached hydrogens (tertiary/aromatic N) is 3. The normalized spacial score (nSPS) is 12.5. The van der Waals surface area contributed by atoms with Gasteiger partial charge >= 0.3 is 0 Å². The van der Waals surface area contributed by atoms with Crippen molar-refractivity contribution in [2.24, 2.45) is 0 Å². The van der Waals surface area contributed by atoms with Crippen LogP contribution in [-0.4, -0.2) is 24.8 Å². The number of hydrogen-bond donors (Lipinski definition) is 1. The van der Waals surface area contributed by atoms with Crippen LogP contribution in [0.3, 0.4) is 0 Å². The van der Waals surface area contributed by atoms with Crippen molar-refractivity contribution >= 4 is 33.9 Å². The Morgan fingerprint density at radius 1 is 1.36 bits per heavy atom. The van der Waals surface area contributed by atoms with Crippen LogP contribution in [0.4, 0.5) is 5.69 Å². The van der Waals surface area contributed by atoms with Gasteiger partial charge < -0.3 is 5.32 Å². The summed E-state index contributed by atoms with van der Waals surface area (Å²) >= 11 is 6.13. The van der Waals surface area contributed by atoms with Crippen LogP contribution in [0.25, 0.3) is 5.78 Å². The second-order valence-corrected chi connectivity index (χ2v) is 6.76. The highest BCUT2D eigenvalue weighted by Gasteiger charge is 2.06. The molecule has 114 valence electrons. The first-order chi connectivity index (χ1) is 10.6. The van der Waals surface area contributed by atoms with Crippen molar-refractivity contribution in [3.63, 3.8) is 0 Å². The van der Waals surface area contributed by atoms with E-state index in [1.807, 2.05) is 34.9 Å². The quantitative estimate of drug-likeness (QED) is 0.779. The molecule has 7 heteroatoms. The van der Waals surface area contributed by atoms with Gasteiger partial charge in [0.1, 0.15) is 0 Å². The lowest BCUT2D eigenvalue weighted by molar-refractivity contribution is 0.686. The van der Waals surface area contributed by atoms with Crippen LogP contribution < -0.4 is 5.32 Å². The van der Waals surface area contributed by atoms with Gasteiger partial charge in [0.2, 0.25) is 5.78 Å². The van der Waals surface area contributed by atoms with E-state index < -0.39 is 10.8 Å². The molecule has 5 nitrogen and oxygen atoms in total. The fourth-order valence-electron chi connectivity index (χ4n) is 2.22. The molecule has 22 heavy (non-hydrogen) atoms. The third kappa shape index (κ3) is 3.28. The molecule has 0 aliphatic heterocycles. The Morgan fingerprint density at radius 2 is 2.23 bits per heavy atom. The van der Waals surface area contributed by atoms with E-state index in [1.54, 1.807) is 18.6 Å². The molecule has 0 amide bonds. The van der Waals surface area contributed by atoms with Crippen molar-refractivity contribution in [3.05, 3.63) is 59.1 Å². The molecule has 0 fully saturated rings. The highest BCUT2D eigenvalue weighted by atomic mass is 35.5. The van der Waals surface area contributed by atoms with Crippen molar-refractivity contribution < 1.29 is 4.21 Å². The Hall–Kier alpha value is -1.92. The fraction of sp³-hybridized carbons (Fsp3) is 0.200. The van der Waals surface area contributed by atoms with Gasteiger partial charge in [-0.25, -0.2) is 9.97 Å². The molecule has 1 atom stereocenters. The van der Waals surface area contributed by atoms with Crippen LogP contribution in [0.1, 0.15) is 11.3 Å². The number of aromatic nitrogens is 3. The molecule has 0 saturated heterocycles. The minimum Gasteiger partial charge on any atom is -0.379 e. The summed E-state index contributed by atoms with van der Waals surface area (Å²) < 4.78 is 13.3. The van der Waals surface area contributed by atoms with Gasteiger partial charge in [0.05, 0.1) is 18.4 Å². The molecule has 1 aromatic carbocycles. The summed E-state index contributed by atoms with van der Waals surface area (Å²) in [5, 5.41) is 3.97. The number of nitrogens with one attached hydrogen (secondary N) is 1. The van der Waals surface area contributed by atoms with E-state index in [9.17, 15) is 4.21 Å². The maximum Gasteiger partial charge on any atom is 0.233 e. The molecule has 0 saturated carbocycles. The van der Waals surface area contributed by atoms with E-state index in [0.29, 0.717) is 23.1 Å². The number of benzene rings is 1. The smallest absolute Gasteiger partial charge is 0.233 e. The van der Waals surface area contributed by atoms with Gasteiger partial charge in [0, 0.05) is 45.9 Å². The lowest BCUT2D eigenvalue weighted by Crippen LogP contribution is -2.03. The lowest BCUT2D eigenvalue weighted by atomic mass is 10.2. The SMILES string of the molecule is C[S@](=O)Cc1cc(NCc2cnc3ncccn23)ccc1Cl. The molecule has 1 N–H and O–H groups in total. The van der Waals surface area contributed by atoms with Gasteiger partial charge in [-0.2, -0.15) is 0 Å². The molecular weight excluding hydrogens is 320 g/mol. The molecule has 2 aromatic heterocycles. The number of halogens is 1. The number of rotatable bonds is 5. The molecule has 0 spiro atoms. The minimum absolute atomic E-state index is 0.452. The zero-order valence-electron chi connectivity index (χ0n) is 12.0. The van der Waals surface area contributed by atoms with Gasteiger partial charge in [-0.1, -0.05) is 11.6 Å². The number of hydrogen-bond acceptors (Lipinski definition) is 4. The van der Waals surface area contributed by atoms with Crippen molar-refractivity contribution in [1.29, 1.82) is 0 Å². The summed E-state index contributed by atoms with van der Waals surface area (Å²) in [5.74, 6) is 1.13. The van der Waals surface area contributed by atoms with E-state index in [1.165, 1.54) is 0 Å². The van der Waals surface area contributed by atoms with Crippen LogP contribution in [0.15, 0.2) is 42.9 Å². The second-order valence-electron chi connectivity index (χ2n) is 4.92. The molecule has 0 unspecified atom stereocenters. The molecule has 0 radical (unpaired) electrons. The van der Waals surface area contributed by atoms with Crippen LogP contribution >= 0.6 is 11.6 Å². The summed E-state index contributed by atoms with van der Waals surface area (Å²) in [6.07, 6.45) is 7.12. The van der Waals surface area contributed by atoms with Crippen LogP contribution in [0.5, 0.6) is 0 Å². The largest absolute Gasteiger partial charge is 0.379 e. The van der Waals surface area contributed by atoms with Gasteiger partial charge in [0.15, 0.2) is 0 Å². The van der Waals surface area contributed by atoms with Crippen molar-refractivity contribution in [1.82, 2.24) is 14.4 Å². The number of fused-ring (bicyclic) bond motifs is 1. The maximum atomic E-state index is 11.4. The molecular formula is C15H15ClN4OS. The molecule has 2 heterocycles. The minimum atomic E-state index is -0.922. The average Bonchev–Trinajstić information content (AvgIpc) is 2.91. The molecule has 0 aliphatic carbocycles. The van der Waals surface area contributed by atoms with E-state index >= 15 is 0 Å². The van der Waals surface area contributed by atoms with E-state index in [2.05, 4.69) is 15.3 Å². The summed E-state index contributed by atoms with van der Waals surface area (Å²) in [4.78, 5) is 8.44. The number of anilines is 1. The molecule has 3 aromatic rings. The Bertz CT molecular complexity index is 833. The second kappa shape index (κ2) is 6.46. The highest BCUT2D eigenvalue weighted by molar-refractivity contribution is 7.83. The predicted molar refractivity (Wildman–Crippen MR) is 89.5 cm³/mol. The van der Waals surface area contributed by atoms with Crippen molar-refractivity contribution in [3.8, 4) is 0 Å². The first-order valence-corrected chi connectivity index (χ1v) is 8.83. The fourth-order valence-corrected chi connectivity index (χ4v) is 3.16. The van der Waals surface area contributed by atoms with E-state index in [0.717, 1.165) is 16.9 Å². The Kier molecular flexibility index (Phi) is 4.40. The van der Waals surface area contributed by atoms with Gasteiger partial charge in [-0.3, -0.25) is 8.61 Å². The van der Waals surface area contributed by atoms with Crippen molar-refractivity contribution in [2.45, 2.75) is 12.3 Å². The van der Waals surface area contributed by atoms with Crippen LogP contribution in [-0.2, 0) is 23.1 Å². The Labute approximate surface area is 135 Å². The summed E-state index contributed by atoms with van der Waals surface area (Å²) in [7, 11) is -0.922. The molecule has 0 bridgehead atoms. The predicted octanol–water partition coefficient (Wildman–Crippen LogP) is 2.87. The Balaban J connectivity index is 1.77. The average molecular weight is 335 g/mol. The van der Waals surface area contributed by atoms with Gasteiger partial charge in [-0.05, 0) is 29.8 Å². The zero-order chi connectivity index (χ0) is 15.5. The zero-order valence-corrected chi connectivity index (χ0v) is 13.6. The standard InChI is InChI=1S/C15H15ClN4OS/c1-22(21)10-11-7-12(3-4-14(11)16)18-8-13-9-19-15-17-5-2-6-20(13)15/h2-7,9,18H,8,10H2,1H3/t22-/m0/s1. The Morgan fingerprint density at radius 3 is 3.05 bits per heavy atom. The van der Waals surface area contributed by atoms with Crippen LogP contribution in [0.2, 0.25) is 5.02 Å². The summed E-state index contributed by atoms with van der Waals surface area (Å²) in [6.45, 7) is 0.614. The van der Waals surface area contributed by atoms with Gasteiger partial charge in [-0.15, -0.1) is 0 Å². The summed E-state index contributed by atoms with van der Waals surface area (Å²) in [6, 6.07) is 7.54. The van der Waals surface area contributed by atoms with E-state index in [-0.39, 0.29) is 0 Å². The lowest BCUT2D eigenvalue weighted by Gasteiger charge is -2.09. The summed E-state index contributed by atoms with van der Waals surface area (Å²) in [5.41, 5.74) is 2.83. The first-order valence-electron chi connectivity index (χ1n) is 6.73. The maximum absolute atomic E-state index is 11.4. The van der Waals surface area contributed by atoms with Gasteiger partial charge in [0.25, 0.3) is 0 Å². The first kappa shape index (κ1) is 15.0. The molecule has 0 aliphatic rings. The van der Waals surface area contributed by atoms with E-state index in [4.69, 9.17) is 11.6 Å². The third-order valence-corrected chi connectivity index (χ3v) is 4.33. The van der Waals surface area contributed by atoms with Crippen molar-refractivity contribution in [2.75, 3.05) is 11.6 Å². The number of imidazole rings is 1. The monoisotopic (exact) mass is 334 g/mol. The highest BCUT2D eigenvalue weighted by Crippen LogP contribution is 2.22. The third-order valence-electron chi connectivity index (χ3n) is 3.24. The van der Waals surface area contributed by atoms with Crippen LogP contribution in [0, 0.1) is 0 Å². The molecule has 3 rings (SSSR count).